The van der Waals surface area contributed by atoms with Crippen LogP contribution in [0, 0.1) is 5.92 Å². The lowest BCUT2D eigenvalue weighted by molar-refractivity contribution is 0.106. The first-order chi connectivity index (χ1) is 8.54. The van der Waals surface area contributed by atoms with E-state index in [1.54, 1.807) is 6.07 Å². The van der Waals surface area contributed by atoms with E-state index in [0.29, 0.717) is 10.9 Å². The van der Waals surface area contributed by atoms with Crippen molar-refractivity contribution < 1.29 is 10.2 Å². The van der Waals surface area contributed by atoms with Gasteiger partial charge < -0.3 is 10.2 Å². The maximum atomic E-state index is 9.68. The van der Waals surface area contributed by atoms with Crippen LogP contribution in [0.1, 0.15) is 38.7 Å². The molecule has 0 bridgehead atoms. The second-order valence-electron chi connectivity index (χ2n) is 5.39. The third kappa shape index (κ3) is 3.98. The molecule has 0 amide bonds. The summed E-state index contributed by atoms with van der Waals surface area (Å²) in [5, 5.41) is 20.0. The lowest BCUT2D eigenvalue weighted by atomic mass is 9.77. The summed E-state index contributed by atoms with van der Waals surface area (Å²) in [7, 11) is 0. The first-order valence-corrected chi connectivity index (χ1v) is 6.89. The van der Waals surface area contributed by atoms with Crippen LogP contribution in [0.5, 0.6) is 0 Å². The Labute approximate surface area is 115 Å². The molecule has 0 unspecified atom stereocenters. The van der Waals surface area contributed by atoms with Gasteiger partial charge in [-0.05, 0) is 30.0 Å². The fraction of sp³-hybridized carbons (Fsp3) is 0.600. The SMILES string of the molecule is CC(C)CCCC(CO)(CO)c1cccc(Cl)c1. The van der Waals surface area contributed by atoms with Crippen LogP contribution in [0.4, 0.5) is 0 Å². The van der Waals surface area contributed by atoms with Crippen LogP contribution in [0.15, 0.2) is 24.3 Å². The van der Waals surface area contributed by atoms with Crippen LogP contribution in [0.25, 0.3) is 0 Å². The van der Waals surface area contributed by atoms with Crippen molar-refractivity contribution in [1.29, 1.82) is 0 Å². The molecular weight excluding hydrogens is 248 g/mol. The zero-order valence-corrected chi connectivity index (χ0v) is 12.0. The summed E-state index contributed by atoms with van der Waals surface area (Å²) < 4.78 is 0. The number of hydrogen-bond acceptors (Lipinski definition) is 2. The minimum atomic E-state index is -0.570. The van der Waals surface area contributed by atoms with E-state index in [1.165, 1.54) is 0 Å². The minimum absolute atomic E-state index is 0.0536. The van der Waals surface area contributed by atoms with Gasteiger partial charge in [0, 0.05) is 10.4 Å². The molecule has 0 saturated heterocycles. The summed E-state index contributed by atoms with van der Waals surface area (Å²) in [6, 6.07) is 7.43. The molecule has 3 heteroatoms. The average molecular weight is 271 g/mol. The van der Waals surface area contributed by atoms with Gasteiger partial charge in [0.15, 0.2) is 0 Å². The van der Waals surface area contributed by atoms with Crippen LogP contribution in [0.2, 0.25) is 5.02 Å². The molecule has 0 aliphatic heterocycles. The van der Waals surface area contributed by atoms with Crippen molar-refractivity contribution in [3.8, 4) is 0 Å². The molecule has 2 N–H and O–H groups in total. The van der Waals surface area contributed by atoms with E-state index < -0.39 is 5.41 Å². The van der Waals surface area contributed by atoms with Crippen LogP contribution >= 0.6 is 11.6 Å². The Bertz CT molecular complexity index is 359. The fourth-order valence-electron chi connectivity index (χ4n) is 2.20. The molecule has 0 aromatic heterocycles. The van der Waals surface area contributed by atoms with Crippen molar-refractivity contribution in [2.45, 2.75) is 38.5 Å². The first-order valence-electron chi connectivity index (χ1n) is 6.52. The van der Waals surface area contributed by atoms with Crippen molar-refractivity contribution in [2.24, 2.45) is 5.92 Å². The van der Waals surface area contributed by atoms with Crippen LogP contribution in [-0.2, 0) is 5.41 Å². The van der Waals surface area contributed by atoms with Gasteiger partial charge in [-0.2, -0.15) is 0 Å². The Kier molecular flexibility index (Phi) is 6.13. The highest BCUT2D eigenvalue weighted by Crippen LogP contribution is 2.31. The summed E-state index contributed by atoms with van der Waals surface area (Å²) in [5.41, 5.74) is 0.350. The van der Waals surface area contributed by atoms with Gasteiger partial charge in [-0.15, -0.1) is 0 Å². The van der Waals surface area contributed by atoms with E-state index in [9.17, 15) is 10.2 Å². The van der Waals surface area contributed by atoms with Crippen molar-refractivity contribution >= 4 is 11.6 Å². The van der Waals surface area contributed by atoms with E-state index in [0.717, 1.165) is 24.8 Å². The third-order valence-corrected chi connectivity index (χ3v) is 3.71. The summed E-state index contributed by atoms with van der Waals surface area (Å²) in [5.74, 6) is 0.638. The van der Waals surface area contributed by atoms with Crippen molar-refractivity contribution in [3.05, 3.63) is 34.9 Å². The molecule has 0 aliphatic rings. The first kappa shape index (κ1) is 15.5. The number of aliphatic hydroxyl groups is 2. The fourth-order valence-corrected chi connectivity index (χ4v) is 2.39. The molecule has 1 aromatic carbocycles. The van der Waals surface area contributed by atoms with E-state index in [2.05, 4.69) is 13.8 Å². The van der Waals surface area contributed by atoms with Crippen molar-refractivity contribution in [2.75, 3.05) is 13.2 Å². The lowest BCUT2D eigenvalue weighted by Gasteiger charge is -2.31. The number of benzene rings is 1. The second kappa shape index (κ2) is 7.13. The molecule has 2 nitrogen and oxygen atoms in total. The summed E-state index contributed by atoms with van der Waals surface area (Å²) in [4.78, 5) is 0. The highest BCUT2D eigenvalue weighted by molar-refractivity contribution is 6.30. The molecule has 102 valence electrons. The number of halogens is 1. The Morgan fingerprint density at radius 3 is 2.39 bits per heavy atom. The summed E-state index contributed by atoms with van der Waals surface area (Å²) in [6.07, 6.45) is 2.87. The molecule has 0 heterocycles. The number of hydrogen-bond donors (Lipinski definition) is 2. The van der Waals surface area contributed by atoms with Crippen molar-refractivity contribution in [1.82, 2.24) is 0 Å². The largest absolute Gasteiger partial charge is 0.395 e. The molecule has 0 radical (unpaired) electrons. The maximum absolute atomic E-state index is 9.68. The molecule has 1 aromatic rings. The van der Waals surface area contributed by atoms with Gasteiger partial charge in [0.05, 0.1) is 13.2 Å². The normalized spacial score (nSPS) is 12.1. The Morgan fingerprint density at radius 2 is 1.89 bits per heavy atom. The highest BCUT2D eigenvalue weighted by Gasteiger charge is 2.30. The molecule has 0 atom stereocenters. The molecule has 0 spiro atoms. The van der Waals surface area contributed by atoms with Gasteiger partial charge >= 0.3 is 0 Å². The second-order valence-corrected chi connectivity index (χ2v) is 5.83. The Balaban J connectivity index is 2.85. The molecule has 0 aliphatic carbocycles. The van der Waals surface area contributed by atoms with Crippen molar-refractivity contribution in [3.63, 3.8) is 0 Å². The molecular formula is C15H23ClO2. The molecule has 1 rings (SSSR count). The van der Waals surface area contributed by atoms with Gasteiger partial charge in [0.2, 0.25) is 0 Å². The zero-order valence-electron chi connectivity index (χ0n) is 11.2. The molecule has 0 fully saturated rings. The van der Waals surface area contributed by atoms with E-state index in [-0.39, 0.29) is 13.2 Å². The quantitative estimate of drug-likeness (QED) is 0.797. The lowest BCUT2D eigenvalue weighted by Crippen LogP contribution is -2.35. The van der Waals surface area contributed by atoms with Crippen LogP contribution in [-0.4, -0.2) is 23.4 Å². The predicted octanol–water partition coefficient (Wildman–Crippen LogP) is 3.39. The predicted molar refractivity (Wildman–Crippen MR) is 76.0 cm³/mol. The van der Waals surface area contributed by atoms with Gasteiger partial charge in [-0.3, -0.25) is 0 Å². The number of aliphatic hydroxyl groups excluding tert-OH is 2. The highest BCUT2D eigenvalue weighted by atomic mass is 35.5. The summed E-state index contributed by atoms with van der Waals surface area (Å²) >= 11 is 5.99. The van der Waals surface area contributed by atoms with Crippen LogP contribution < -0.4 is 0 Å². The van der Waals surface area contributed by atoms with Crippen LogP contribution in [0.3, 0.4) is 0 Å². The minimum Gasteiger partial charge on any atom is -0.395 e. The zero-order chi connectivity index (χ0) is 13.6. The summed E-state index contributed by atoms with van der Waals surface area (Å²) in [6.45, 7) is 4.25. The van der Waals surface area contributed by atoms with E-state index in [1.807, 2.05) is 18.2 Å². The molecule has 0 saturated carbocycles. The van der Waals surface area contributed by atoms with Gasteiger partial charge in [0.25, 0.3) is 0 Å². The monoisotopic (exact) mass is 270 g/mol. The topological polar surface area (TPSA) is 40.5 Å². The van der Waals surface area contributed by atoms with Gasteiger partial charge in [0.1, 0.15) is 0 Å². The third-order valence-electron chi connectivity index (χ3n) is 3.48. The maximum Gasteiger partial charge on any atom is 0.0550 e. The average Bonchev–Trinajstić information content (AvgIpc) is 2.35. The van der Waals surface area contributed by atoms with E-state index >= 15 is 0 Å². The Hall–Kier alpha value is -0.570. The molecule has 18 heavy (non-hydrogen) atoms. The standard InChI is InChI=1S/C15H23ClO2/c1-12(2)5-4-8-15(10-17,11-18)13-6-3-7-14(16)9-13/h3,6-7,9,12,17-18H,4-5,8,10-11H2,1-2H3. The number of rotatable bonds is 7. The Morgan fingerprint density at radius 1 is 1.22 bits per heavy atom. The van der Waals surface area contributed by atoms with Gasteiger partial charge in [-0.25, -0.2) is 0 Å². The smallest absolute Gasteiger partial charge is 0.0550 e. The van der Waals surface area contributed by atoms with E-state index in [4.69, 9.17) is 11.6 Å². The van der Waals surface area contributed by atoms with Gasteiger partial charge in [-0.1, -0.05) is 50.4 Å².